The fraction of sp³-hybridized carbons (Fsp3) is 0.167. The molecule has 0 fully saturated rings. The standard InChI is InChI=1S/C24H22N6S/c1-15(17-4-3-5-18(10-17)20-12-27-24(25)28-13-20)30-16(2)26-9-8-22(30)19-6-7-21-23(11-19)31-14-29-21/h3-16H,1-2H3,(H2,25,27,28)/t15-,16?/m0/s1. The minimum atomic E-state index is 0.0238. The lowest BCUT2D eigenvalue weighted by Crippen LogP contribution is -2.34. The van der Waals surface area contributed by atoms with Crippen molar-refractivity contribution in [2.24, 2.45) is 4.99 Å². The number of hydrogen-bond donors (Lipinski definition) is 1. The first kappa shape index (κ1) is 19.4. The topological polar surface area (TPSA) is 80.3 Å². The molecule has 2 N–H and O–H groups in total. The second-order valence-corrected chi connectivity index (χ2v) is 8.44. The van der Waals surface area contributed by atoms with E-state index >= 15 is 0 Å². The molecule has 0 saturated carbocycles. The number of aromatic nitrogens is 3. The van der Waals surface area contributed by atoms with E-state index in [-0.39, 0.29) is 18.2 Å². The Morgan fingerprint density at radius 1 is 1.00 bits per heavy atom. The van der Waals surface area contributed by atoms with Crippen LogP contribution in [0.25, 0.3) is 27.0 Å². The molecule has 0 bridgehead atoms. The van der Waals surface area contributed by atoms with Gasteiger partial charge < -0.3 is 10.6 Å². The van der Waals surface area contributed by atoms with E-state index in [1.807, 2.05) is 11.7 Å². The number of aliphatic imine (C=N–C) groups is 1. The van der Waals surface area contributed by atoms with Gasteiger partial charge in [0.05, 0.1) is 21.8 Å². The van der Waals surface area contributed by atoms with Crippen LogP contribution in [0.2, 0.25) is 0 Å². The van der Waals surface area contributed by atoms with Gasteiger partial charge in [-0.25, -0.2) is 15.0 Å². The maximum atomic E-state index is 5.64. The Kier molecular flexibility index (Phi) is 4.95. The molecular formula is C24H22N6S. The van der Waals surface area contributed by atoms with Crippen LogP contribution in [0.1, 0.15) is 31.0 Å². The summed E-state index contributed by atoms with van der Waals surface area (Å²) in [6, 6.07) is 15.0. The third-order valence-electron chi connectivity index (χ3n) is 5.63. The lowest BCUT2D eigenvalue weighted by molar-refractivity contribution is 0.252. The zero-order valence-electron chi connectivity index (χ0n) is 17.3. The second kappa shape index (κ2) is 7.92. The molecule has 0 spiro atoms. The van der Waals surface area contributed by atoms with E-state index in [0.717, 1.165) is 22.3 Å². The van der Waals surface area contributed by atoms with Gasteiger partial charge in [-0.15, -0.1) is 11.3 Å². The third kappa shape index (κ3) is 3.68. The van der Waals surface area contributed by atoms with E-state index in [4.69, 9.17) is 5.73 Å². The van der Waals surface area contributed by atoms with Crippen molar-refractivity contribution in [2.45, 2.75) is 26.1 Å². The molecule has 2 aromatic carbocycles. The van der Waals surface area contributed by atoms with Crippen molar-refractivity contribution in [1.29, 1.82) is 0 Å². The summed E-state index contributed by atoms with van der Waals surface area (Å²) in [7, 11) is 0. The van der Waals surface area contributed by atoms with Crippen molar-refractivity contribution in [3.05, 3.63) is 77.6 Å². The molecule has 1 unspecified atom stereocenters. The number of nitrogen functional groups attached to an aromatic ring is 1. The molecule has 0 amide bonds. The largest absolute Gasteiger partial charge is 0.368 e. The summed E-state index contributed by atoms with van der Waals surface area (Å²) in [6.45, 7) is 4.35. The summed E-state index contributed by atoms with van der Waals surface area (Å²) in [5.74, 6) is 0.279. The monoisotopic (exact) mass is 426 g/mol. The highest BCUT2D eigenvalue weighted by Crippen LogP contribution is 2.36. The van der Waals surface area contributed by atoms with Crippen molar-refractivity contribution in [3.8, 4) is 11.1 Å². The first-order valence-corrected chi connectivity index (χ1v) is 11.0. The normalized spacial score (nSPS) is 17.0. The van der Waals surface area contributed by atoms with E-state index in [1.54, 1.807) is 23.7 Å². The summed E-state index contributed by atoms with van der Waals surface area (Å²) >= 11 is 1.66. The number of thiazole rings is 1. The Balaban J connectivity index is 1.51. The molecule has 1 aliphatic heterocycles. The lowest BCUT2D eigenvalue weighted by Gasteiger charge is -2.38. The number of fused-ring (bicyclic) bond motifs is 1. The van der Waals surface area contributed by atoms with E-state index < -0.39 is 0 Å². The highest BCUT2D eigenvalue weighted by atomic mass is 32.1. The van der Waals surface area contributed by atoms with Crippen LogP contribution >= 0.6 is 11.3 Å². The van der Waals surface area contributed by atoms with Gasteiger partial charge in [-0.3, -0.25) is 4.99 Å². The quantitative estimate of drug-likeness (QED) is 0.487. The van der Waals surface area contributed by atoms with Crippen LogP contribution < -0.4 is 5.73 Å². The van der Waals surface area contributed by atoms with E-state index in [0.29, 0.717) is 0 Å². The zero-order chi connectivity index (χ0) is 21.4. The molecule has 3 heterocycles. The van der Waals surface area contributed by atoms with Crippen LogP contribution in [-0.2, 0) is 0 Å². The van der Waals surface area contributed by atoms with Crippen molar-refractivity contribution < 1.29 is 0 Å². The van der Waals surface area contributed by atoms with Crippen LogP contribution in [0.15, 0.2) is 71.4 Å². The minimum Gasteiger partial charge on any atom is -0.368 e. The first-order chi connectivity index (χ1) is 15.1. The molecule has 1 aliphatic rings. The number of rotatable bonds is 4. The van der Waals surface area contributed by atoms with E-state index in [2.05, 4.69) is 87.2 Å². The van der Waals surface area contributed by atoms with E-state index in [9.17, 15) is 0 Å². The molecule has 31 heavy (non-hydrogen) atoms. The zero-order valence-corrected chi connectivity index (χ0v) is 18.1. The smallest absolute Gasteiger partial charge is 0.219 e. The second-order valence-electron chi connectivity index (χ2n) is 7.56. The maximum Gasteiger partial charge on any atom is 0.219 e. The van der Waals surface area contributed by atoms with Crippen LogP contribution in [0, 0.1) is 0 Å². The molecule has 4 aromatic rings. The summed E-state index contributed by atoms with van der Waals surface area (Å²) < 4.78 is 1.19. The molecule has 6 nitrogen and oxygen atoms in total. The Hall–Kier alpha value is -3.58. The van der Waals surface area contributed by atoms with Crippen LogP contribution in [0.3, 0.4) is 0 Å². The van der Waals surface area contributed by atoms with Crippen molar-refractivity contribution >= 4 is 39.4 Å². The van der Waals surface area contributed by atoms with Crippen molar-refractivity contribution in [2.75, 3.05) is 5.73 Å². The van der Waals surface area contributed by atoms with Gasteiger partial charge in [0.2, 0.25) is 5.95 Å². The van der Waals surface area contributed by atoms with Crippen LogP contribution in [0.4, 0.5) is 5.95 Å². The van der Waals surface area contributed by atoms with Crippen LogP contribution in [0.5, 0.6) is 0 Å². The average molecular weight is 427 g/mol. The molecule has 154 valence electrons. The highest BCUT2D eigenvalue weighted by molar-refractivity contribution is 7.16. The predicted molar refractivity (Wildman–Crippen MR) is 128 cm³/mol. The van der Waals surface area contributed by atoms with Crippen LogP contribution in [-0.4, -0.2) is 32.2 Å². The Labute approximate surface area is 184 Å². The van der Waals surface area contributed by atoms with Gasteiger partial charge in [-0.05, 0) is 54.8 Å². The van der Waals surface area contributed by atoms with Crippen molar-refractivity contribution in [1.82, 2.24) is 19.9 Å². The third-order valence-corrected chi connectivity index (χ3v) is 6.43. The number of hydrogen-bond acceptors (Lipinski definition) is 7. The minimum absolute atomic E-state index is 0.0238. The SMILES string of the molecule is CC1N=CC=C(c2ccc3ncsc3c2)N1[C@@H](C)c1cccc(-c2cnc(N)nc2)c1. The van der Waals surface area contributed by atoms with Gasteiger partial charge in [-0.1, -0.05) is 24.3 Å². The number of nitrogens with two attached hydrogens (primary N) is 1. The highest BCUT2D eigenvalue weighted by Gasteiger charge is 2.26. The summed E-state index contributed by atoms with van der Waals surface area (Å²) in [6.07, 6.45) is 7.54. The molecule has 0 aliphatic carbocycles. The summed E-state index contributed by atoms with van der Waals surface area (Å²) in [4.78, 5) is 19.7. The van der Waals surface area contributed by atoms with E-state index in [1.165, 1.54) is 15.8 Å². The average Bonchev–Trinajstić information content (AvgIpc) is 3.27. The fourth-order valence-electron chi connectivity index (χ4n) is 4.02. The Bertz CT molecular complexity index is 1290. The first-order valence-electron chi connectivity index (χ1n) is 10.1. The lowest BCUT2D eigenvalue weighted by atomic mass is 9.98. The molecule has 0 saturated heterocycles. The number of anilines is 1. The van der Waals surface area contributed by atoms with Gasteiger partial charge in [0.15, 0.2) is 0 Å². The molecule has 2 aromatic heterocycles. The predicted octanol–water partition coefficient (Wildman–Crippen LogP) is 5.17. The maximum absolute atomic E-state index is 5.64. The Morgan fingerprint density at radius 2 is 1.84 bits per heavy atom. The molecular weight excluding hydrogens is 404 g/mol. The molecule has 0 radical (unpaired) electrons. The molecule has 5 rings (SSSR count). The van der Waals surface area contributed by atoms with Gasteiger partial charge in [-0.2, -0.15) is 0 Å². The number of benzene rings is 2. The number of allylic oxidation sites excluding steroid dienone is 1. The van der Waals surface area contributed by atoms with Gasteiger partial charge in [0.1, 0.15) is 6.17 Å². The summed E-state index contributed by atoms with van der Waals surface area (Å²) in [5.41, 5.74) is 14.1. The van der Waals surface area contributed by atoms with Gasteiger partial charge in [0.25, 0.3) is 0 Å². The van der Waals surface area contributed by atoms with Crippen molar-refractivity contribution in [3.63, 3.8) is 0 Å². The van der Waals surface area contributed by atoms with Gasteiger partial charge >= 0.3 is 0 Å². The summed E-state index contributed by atoms with van der Waals surface area (Å²) in [5, 5.41) is 0. The molecule has 2 atom stereocenters. The fourth-order valence-corrected chi connectivity index (χ4v) is 4.73. The Morgan fingerprint density at radius 3 is 2.68 bits per heavy atom. The number of nitrogens with zero attached hydrogens (tertiary/aromatic N) is 5. The molecule has 7 heteroatoms. The van der Waals surface area contributed by atoms with Gasteiger partial charge in [0, 0.05) is 29.9 Å².